The van der Waals surface area contributed by atoms with Gasteiger partial charge in [-0.2, -0.15) is 0 Å². The van der Waals surface area contributed by atoms with E-state index in [1.165, 1.54) is 0 Å². The summed E-state index contributed by atoms with van der Waals surface area (Å²) in [5.41, 5.74) is 1.94. The van der Waals surface area contributed by atoms with Gasteiger partial charge in [0.05, 0.1) is 0 Å². The first-order chi connectivity index (χ1) is 9.69. The molecule has 0 fully saturated rings. The van der Waals surface area contributed by atoms with Crippen molar-refractivity contribution in [3.63, 3.8) is 0 Å². The molecule has 2 rings (SSSR count). The number of hydrogen-bond acceptors (Lipinski definition) is 2. The van der Waals surface area contributed by atoms with Gasteiger partial charge in [-0.1, -0.05) is 61.2 Å². The molecule has 0 spiro atoms. The van der Waals surface area contributed by atoms with Gasteiger partial charge < -0.3 is 9.47 Å². The Balaban J connectivity index is 2.37. The molecule has 1 unspecified atom stereocenters. The summed E-state index contributed by atoms with van der Waals surface area (Å²) in [5.74, 6) is -0.0444. The maximum atomic E-state index is 6.16. The Labute approximate surface area is 120 Å². The van der Waals surface area contributed by atoms with Crippen molar-refractivity contribution in [2.24, 2.45) is 0 Å². The number of hydrogen-bond donors (Lipinski definition) is 0. The molecule has 20 heavy (non-hydrogen) atoms. The average molecular weight is 268 g/mol. The Bertz CT molecular complexity index is 563. The first kappa shape index (κ1) is 14.4. The fourth-order valence-electron chi connectivity index (χ4n) is 2.14. The third-order valence-corrected chi connectivity index (χ3v) is 3.16. The number of para-hydroxylation sites is 1. The van der Waals surface area contributed by atoms with Crippen LogP contribution in [0.5, 0.6) is 5.75 Å². The van der Waals surface area contributed by atoms with Gasteiger partial charge in [-0.3, -0.25) is 0 Å². The maximum absolute atomic E-state index is 6.16. The molecule has 2 aromatic carbocycles. The zero-order valence-electron chi connectivity index (χ0n) is 12.0. The molecule has 0 saturated carbocycles. The summed E-state index contributed by atoms with van der Waals surface area (Å²) < 4.78 is 12.0. The van der Waals surface area contributed by atoms with Gasteiger partial charge in [0.1, 0.15) is 5.75 Å². The van der Waals surface area contributed by atoms with Crippen LogP contribution >= 0.6 is 0 Å². The fourth-order valence-corrected chi connectivity index (χ4v) is 2.14. The molecule has 2 heteroatoms. The molecule has 0 aliphatic rings. The predicted octanol–water partition coefficient (Wildman–Crippen LogP) is 4.62. The van der Waals surface area contributed by atoms with Gasteiger partial charge in [0, 0.05) is 24.7 Å². The molecule has 0 aromatic heterocycles. The van der Waals surface area contributed by atoms with Gasteiger partial charge in [0.15, 0.2) is 0 Å². The van der Waals surface area contributed by atoms with Crippen LogP contribution in [0.4, 0.5) is 0 Å². The van der Waals surface area contributed by atoms with Gasteiger partial charge >= 0.3 is 0 Å². The van der Waals surface area contributed by atoms with Crippen LogP contribution in [0.3, 0.4) is 0 Å². The lowest BCUT2D eigenvalue weighted by molar-refractivity contribution is -0.175. The van der Waals surface area contributed by atoms with Crippen LogP contribution in [-0.2, 0) is 10.5 Å². The minimum absolute atomic E-state index is 0.571. The normalized spacial score (nSPS) is 13.5. The second-order valence-corrected chi connectivity index (χ2v) is 4.59. The molecule has 0 aliphatic carbocycles. The smallest absolute Gasteiger partial charge is 0.234 e. The summed E-state index contributed by atoms with van der Waals surface area (Å²) in [7, 11) is 0. The van der Waals surface area contributed by atoms with Crippen LogP contribution in [-0.4, -0.2) is 6.61 Å². The summed E-state index contributed by atoms with van der Waals surface area (Å²) >= 11 is 0. The van der Waals surface area contributed by atoms with E-state index in [1.54, 1.807) is 6.08 Å². The van der Waals surface area contributed by atoms with E-state index in [-0.39, 0.29) is 0 Å². The van der Waals surface area contributed by atoms with Crippen molar-refractivity contribution in [1.82, 2.24) is 0 Å². The maximum Gasteiger partial charge on any atom is 0.234 e. The predicted molar refractivity (Wildman–Crippen MR) is 82.6 cm³/mol. The molecule has 0 amide bonds. The van der Waals surface area contributed by atoms with E-state index in [2.05, 4.69) is 6.58 Å². The van der Waals surface area contributed by atoms with E-state index in [4.69, 9.17) is 9.47 Å². The fraction of sp³-hybridized carbons (Fsp3) is 0.222. The van der Waals surface area contributed by atoms with Crippen molar-refractivity contribution in [2.75, 3.05) is 6.61 Å². The van der Waals surface area contributed by atoms with Crippen molar-refractivity contribution in [3.05, 3.63) is 72.3 Å². The summed E-state index contributed by atoms with van der Waals surface area (Å²) in [6, 6.07) is 17.8. The Hall–Kier alpha value is -2.06. The van der Waals surface area contributed by atoms with Gasteiger partial charge in [0.25, 0.3) is 0 Å². The highest BCUT2D eigenvalue weighted by atomic mass is 16.7. The average Bonchev–Trinajstić information content (AvgIpc) is 2.49. The Morgan fingerprint density at radius 2 is 1.70 bits per heavy atom. The molecule has 1 atom stereocenters. The second-order valence-electron chi connectivity index (χ2n) is 4.59. The Morgan fingerprint density at radius 3 is 2.35 bits per heavy atom. The highest BCUT2D eigenvalue weighted by molar-refractivity contribution is 5.55. The summed E-state index contributed by atoms with van der Waals surface area (Å²) in [6.45, 7) is 8.29. The van der Waals surface area contributed by atoms with Gasteiger partial charge in [-0.15, -0.1) is 0 Å². The molecular formula is C18H20O2. The van der Waals surface area contributed by atoms with Crippen molar-refractivity contribution in [3.8, 4) is 5.75 Å². The SMILES string of the molecule is C=Cc1ccccc1OC(C)(OCC)c1ccccc1. The lowest BCUT2D eigenvalue weighted by atomic mass is 10.1. The standard InChI is InChI=1S/C18H20O2/c1-4-15-11-9-10-14-17(15)20-18(3,19-5-2)16-12-7-6-8-13-16/h4,6-14H,1,5H2,2-3H3. The third-order valence-electron chi connectivity index (χ3n) is 3.16. The third kappa shape index (κ3) is 3.09. The molecular weight excluding hydrogens is 248 g/mol. The molecule has 104 valence electrons. The van der Waals surface area contributed by atoms with E-state index in [0.717, 1.165) is 16.9 Å². The number of ether oxygens (including phenoxy) is 2. The van der Waals surface area contributed by atoms with Crippen LogP contribution < -0.4 is 4.74 Å². The highest BCUT2D eigenvalue weighted by Crippen LogP contribution is 2.31. The van der Waals surface area contributed by atoms with Crippen molar-refractivity contribution >= 4 is 6.08 Å². The Kier molecular flexibility index (Phi) is 4.59. The number of benzene rings is 2. The first-order valence-corrected chi connectivity index (χ1v) is 6.79. The lowest BCUT2D eigenvalue weighted by Gasteiger charge is -2.31. The zero-order valence-corrected chi connectivity index (χ0v) is 12.0. The molecule has 0 radical (unpaired) electrons. The van der Waals surface area contributed by atoms with Crippen molar-refractivity contribution in [1.29, 1.82) is 0 Å². The van der Waals surface area contributed by atoms with Gasteiger partial charge in [0.2, 0.25) is 5.79 Å². The van der Waals surface area contributed by atoms with Gasteiger partial charge in [-0.25, -0.2) is 0 Å². The van der Waals surface area contributed by atoms with E-state index in [9.17, 15) is 0 Å². The molecule has 0 heterocycles. The molecule has 0 aliphatic heterocycles. The van der Waals surface area contributed by atoms with Crippen molar-refractivity contribution < 1.29 is 9.47 Å². The summed E-state index contributed by atoms with van der Waals surface area (Å²) in [4.78, 5) is 0. The number of rotatable bonds is 6. The molecule has 0 N–H and O–H groups in total. The second kappa shape index (κ2) is 6.40. The van der Waals surface area contributed by atoms with E-state index in [0.29, 0.717) is 6.61 Å². The van der Waals surface area contributed by atoms with Crippen LogP contribution in [0.25, 0.3) is 6.08 Å². The highest BCUT2D eigenvalue weighted by Gasteiger charge is 2.29. The Morgan fingerprint density at radius 1 is 1.05 bits per heavy atom. The monoisotopic (exact) mass is 268 g/mol. The van der Waals surface area contributed by atoms with Crippen LogP contribution in [0.15, 0.2) is 61.2 Å². The largest absolute Gasteiger partial charge is 0.458 e. The van der Waals surface area contributed by atoms with E-state index >= 15 is 0 Å². The molecule has 2 nitrogen and oxygen atoms in total. The summed E-state index contributed by atoms with van der Waals surface area (Å²) in [6.07, 6.45) is 1.78. The van der Waals surface area contributed by atoms with Gasteiger partial charge in [-0.05, 0) is 13.0 Å². The molecule has 0 bridgehead atoms. The van der Waals surface area contributed by atoms with Crippen molar-refractivity contribution in [2.45, 2.75) is 19.6 Å². The van der Waals surface area contributed by atoms with E-state index in [1.807, 2.05) is 68.4 Å². The minimum Gasteiger partial charge on any atom is -0.458 e. The molecule has 2 aromatic rings. The lowest BCUT2D eigenvalue weighted by Crippen LogP contribution is -2.33. The van der Waals surface area contributed by atoms with Crippen LogP contribution in [0.2, 0.25) is 0 Å². The zero-order chi connectivity index (χ0) is 14.4. The molecule has 0 saturated heterocycles. The van der Waals surface area contributed by atoms with Crippen LogP contribution in [0, 0.1) is 0 Å². The van der Waals surface area contributed by atoms with Crippen LogP contribution in [0.1, 0.15) is 25.0 Å². The quantitative estimate of drug-likeness (QED) is 0.712. The van der Waals surface area contributed by atoms with E-state index < -0.39 is 5.79 Å². The minimum atomic E-state index is -0.810. The topological polar surface area (TPSA) is 18.5 Å². The summed E-state index contributed by atoms with van der Waals surface area (Å²) in [5, 5.41) is 0. The first-order valence-electron chi connectivity index (χ1n) is 6.79.